The summed E-state index contributed by atoms with van der Waals surface area (Å²) in [5, 5.41) is 6.20. The number of nitrogens with one attached hydrogen (secondary N) is 2. The van der Waals surface area contributed by atoms with Crippen LogP contribution in [0.15, 0.2) is 18.2 Å². The van der Waals surface area contributed by atoms with Crippen molar-refractivity contribution in [2.24, 2.45) is 0 Å². The summed E-state index contributed by atoms with van der Waals surface area (Å²) >= 11 is 0. The lowest BCUT2D eigenvalue weighted by Gasteiger charge is -2.20. The predicted molar refractivity (Wildman–Crippen MR) is 78.7 cm³/mol. The number of ether oxygens (including phenoxy) is 1. The van der Waals surface area contributed by atoms with Crippen molar-refractivity contribution < 1.29 is 9.53 Å². The van der Waals surface area contributed by atoms with Crippen LogP contribution in [0, 0.1) is 6.92 Å². The van der Waals surface area contributed by atoms with Crippen LogP contribution in [0.5, 0.6) is 5.75 Å². The van der Waals surface area contributed by atoms with Gasteiger partial charge < -0.3 is 15.4 Å². The molecule has 19 heavy (non-hydrogen) atoms. The van der Waals surface area contributed by atoms with E-state index in [0.717, 1.165) is 17.0 Å². The lowest BCUT2D eigenvalue weighted by molar-refractivity contribution is -0.116. The van der Waals surface area contributed by atoms with E-state index in [1.807, 2.05) is 25.1 Å². The lowest BCUT2D eigenvalue weighted by Crippen LogP contribution is -2.37. The van der Waals surface area contributed by atoms with Gasteiger partial charge in [-0.2, -0.15) is 0 Å². The highest BCUT2D eigenvalue weighted by molar-refractivity contribution is 5.91. The smallest absolute Gasteiger partial charge is 0.225 e. The molecule has 0 unspecified atom stereocenters. The SMILES string of the molecule is COc1ccc(NC(=O)CCNC(C)(C)C)c(C)c1. The minimum Gasteiger partial charge on any atom is -0.497 e. The third-order valence-corrected chi connectivity index (χ3v) is 2.72. The van der Waals surface area contributed by atoms with E-state index in [1.54, 1.807) is 7.11 Å². The molecule has 0 fully saturated rings. The first kappa shape index (κ1) is 15.5. The van der Waals surface area contributed by atoms with Crippen molar-refractivity contribution in [2.45, 2.75) is 39.7 Å². The van der Waals surface area contributed by atoms with Crippen molar-refractivity contribution in [1.29, 1.82) is 0 Å². The molecular formula is C15H24N2O2. The average molecular weight is 264 g/mol. The molecule has 0 aromatic heterocycles. The van der Waals surface area contributed by atoms with Crippen LogP contribution < -0.4 is 15.4 Å². The minimum absolute atomic E-state index is 0.0185. The summed E-state index contributed by atoms with van der Waals surface area (Å²) in [6.07, 6.45) is 0.461. The van der Waals surface area contributed by atoms with Crippen molar-refractivity contribution in [3.05, 3.63) is 23.8 Å². The number of anilines is 1. The van der Waals surface area contributed by atoms with Gasteiger partial charge in [-0.3, -0.25) is 4.79 Å². The fourth-order valence-electron chi connectivity index (χ4n) is 1.67. The van der Waals surface area contributed by atoms with Gasteiger partial charge in [-0.15, -0.1) is 0 Å². The summed E-state index contributed by atoms with van der Waals surface area (Å²) in [7, 11) is 1.63. The largest absolute Gasteiger partial charge is 0.497 e. The van der Waals surface area contributed by atoms with Gasteiger partial charge in [0, 0.05) is 24.2 Å². The van der Waals surface area contributed by atoms with Crippen LogP contribution in [0.25, 0.3) is 0 Å². The Balaban J connectivity index is 2.48. The number of carbonyl (C=O) groups is 1. The average Bonchev–Trinajstić information content (AvgIpc) is 2.30. The van der Waals surface area contributed by atoms with Gasteiger partial charge in [0.05, 0.1) is 7.11 Å². The Hall–Kier alpha value is -1.55. The van der Waals surface area contributed by atoms with Gasteiger partial charge in [0.1, 0.15) is 5.75 Å². The van der Waals surface area contributed by atoms with Crippen LogP contribution in [-0.2, 0) is 4.79 Å². The second-order valence-electron chi connectivity index (χ2n) is 5.66. The Kier molecular flexibility index (Phi) is 5.36. The van der Waals surface area contributed by atoms with Gasteiger partial charge in [0.25, 0.3) is 0 Å². The Morgan fingerprint density at radius 2 is 2.00 bits per heavy atom. The third-order valence-electron chi connectivity index (χ3n) is 2.72. The molecule has 4 nitrogen and oxygen atoms in total. The highest BCUT2D eigenvalue weighted by Gasteiger charge is 2.10. The topological polar surface area (TPSA) is 50.4 Å². The van der Waals surface area contributed by atoms with Gasteiger partial charge in [0.15, 0.2) is 0 Å². The number of benzene rings is 1. The molecule has 0 aliphatic rings. The first-order chi connectivity index (χ1) is 8.81. The molecular weight excluding hydrogens is 240 g/mol. The van der Waals surface area contributed by atoms with Crippen LogP contribution in [-0.4, -0.2) is 25.1 Å². The molecule has 1 aromatic carbocycles. The Bertz CT molecular complexity index is 436. The van der Waals surface area contributed by atoms with E-state index in [1.165, 1.54) is 0 Å². The quantitative estimate of drug-likeness (QED) is 0.859. The highest BCUT2D eigenvalue weighted by Crippen LogP contribution is 2.21. The molecule has 0 aliphatic carbocycles. The van der Waals surface area contributed by atoms with E-state index < -0.39 is 0 Å². The number of aryl methyl sites for hydroxylation is 1. The Labute approximate surface area is 115 Å². The van der Waals surface area contributed by atoms with Gasteiger partial charge in [-0.1, -0.05) is 0 Å². The van der Waals surface area contributed by atoms with Crippen molar-refractivity contribution in [3.8, 4) is 5.75 Å². The van der Waals surface area contributed by atoms with Crippen LogP contribution in [0.2, 0.25) is 0 Å². The maximum absolute atomic E-state index is 11.8. The van der Waals surface area contributed by atoms with Crippen LogP contribution in [0.1, 0.15) is 32.8 Å². The van der Waals surface area contributed by atoms with Gasteiger partial charge in [0.2, 0.25) is 5.91 Å². The number of hydrogen-bond acceptors (Lipinski definition) is 3. The number of rotatable bonds is 5. The van der Waals surface area contributed by atoms with Crippen molar-refractivity contribution in [2.75, 3.05) is 19.0 Å². The summed E-state index contributed by atoms with van der Waals surface area (Å²) < 4.78 is 5.13. The van der Waals surface area contributed by atoms with Gasteiger partial charge in [-0.25, -0.2) is 0 Å². The maximum atomic E-state index is 11.8. The van der Waals surface area contributed by atoms with Crippen molar-refractivity contribution >= 4 is 11.6 Å². The molecule has 1 amide bonds. The second-order valence-corrected chi connectivity index (χ2v) is 5.66. The van der Waals surface area contributed by atoms with Crippen LogP contribution >= 0.6 is 0 Å². The molecule has 0 aliphatic heterocycles. The summed E-state index contributed by atoms with van der Waals surface area (Å²) in [5.74, 6) is 0.815. The van der Waals surface area contributed by atoms with E-state index in [0.29, 0.717) is 13.0 Å². The molecule has 0 atom stereocenters. The fourth-order valence-corrected chi connectivity index (χ4v) is 1.67. The Morgan fingerprint density at radius 1 is 1.32 bits per heavy atom. The minimum atomic E-state index is 0.0185. The normalized spacial score (nSPS) is 11.2. The first-order valence-electron chi connectivity index (χ1n) is 6.51. The second kappa shape index (κ2) is 6.57. The van der Waals surface area contributed by atoms with Crippen molar-refractivity contribution in [3.63, 3.8) is 0 Å². The predicted octanol–water partition coefficient (Wildman–Crippen LogP) is 2.72. The molecule has 0 saturated heterocycles. The molecule has 1 rings (SSSR count). The van der Waals surface area contributed by atoms with Gasteiger partial charge >= 0.3 is 0 Å². The molecule has 0 saturated carbocycles. The molecule has 0 radical (unpaired) electrons. The maximum Gasteiger partial charge on any atom is 0.225 e. The first-order valence-corrected chi connectivity index (χ1v) is 6.51. The number of amides is 1. The molecule has 4 heteroatoms. The van der Waals surface area contributed by atoms with Crippen LogP contribution in [0.4, 0.5) is 5.69 Å². The highest BCUT2D eigenvalue weighted by atomic mass is 16.5. The van der Waals surface area contributed by atoms with E-state index >= 15 is 0 Å². The molecule has 106 valence electrons. The van der Waals surface area contributed by atoms with E-state index in [-0.39, 0.29) is 11.4 Å². The summed E-state index contributed by atoms with van der Waals surface area (Å²) in [6, 6.07) is 5.61. The standard InChI is InChI=1S/C15H24N2O2/c1-11-10-12(19-5)6-7-13(11)17-14(18)8-9-16-15(2,3)4/h6-7,10,16H,8-9H2,1-5H3,(H,17,18). The lowest BCUT2D eigenvalue weighted by atomic mass is 10.1. The third kappa shape index (κ3) is 5.75. The molecule has 2 N–H and O–H groups in total. The summed E-state index contributed by atoms with van der Waals surface area (Å²) in [5.41, 5.74) is 1.87. The van der Waals surface area contributed by atoms with E-state index in [2.05, 4.69) is 31.4 Å². The Morgan fingerprint density at radius 3 is 2.53 bits per heavy atom. The number of methoxy groups -OCH3 is 1. The molecule has 0 heterocycles. The molecule has 0 bridgehead atoms. The van der Waals surface area contributed by atoms with E-state index in [9.17, 15) is 4.79 Å². The summed E-state index contributed by atoms with van der Waals surface area (Å²) in [6.45, 7) is 8.87. The summed E-state index contributed by atoms with van der Waals surface area (Å²) in [4.78, 5) is 11.8. The zero-order valence-corrected chi connectivity index (χ0v) is 12.5. The van der Waals surface area contributed by atoms with Crippen molar-refractivity contribution in [1.82, 2.24) is 5.32 Å². The van der Waals surface area contributed by atoms with E-state index in [4.69, 9.17) is 4.74 Å². The molecule has 0 spiro atoms. The number of hydrogen-bond donors (Lipinski definition) is 2. The fraction of sp³-hybridized carbons (Fsp3) is 0.533. The monoisotopic (exact) mass is 264 g/mol. The number of carbonyl (C=O) groups excluding carboxylic acids is 1. The molecule has 1 aromatic rings. The van der Waals surface area contributed by atoms with Gasteiger partial charge in [-0.05, 0) is 51.5 Å². The van der Waals surface area contributed by atoms with Crippen LogP contribution in [0.3, 0.4) is 0 Å². The zero-order valence-electron chi connectivity index (χ0n) is 12.5. The zero-order chi connectivity index (χ0) is 14.5.